The molecule has 0 saturated heterocycles. The summed E-state index contributed by atoms with van der Waals surface area (Å²) >= 11 is 0. The number of benzene rings is 1. The van der Waals surface area contributed by atoms with Crippen LogP contribution in [0.5, 0.6) is 11.5 Å². The van der Waals surface area contributed by atoms with Gasteiger partial charge in [0, 0.05) is 18.5 Å². The lowest BCUT2D eigenvalue weighted by molar-refractivity contribution is 0.201. The number of rotatable bonds is 7. The molecule has 1 saturated carbocycles. The molecule has 1 aromatic rings. The Morgan fingerprint density at radius 2 is 1.93 bits per heavy atom. The van der Waals surface area contributed by atoms with Gasteiger partial charge in [0.25, 0.3) is 0 Å². The van der Waals surface area contributed by atoms with Gasteiger partial charge < -0.3 is 14.8 Å². The third-order valence-electron chi connectivity index (χ3n) is 5.30. The highest BCUT2D eigenvalue weighted by Crippen LogP contribution is 2.36. The predicted octanol–water partition coefficient (Wildman–Crippen LogP) is 5.07. The summed E-state index contributed by atoms with van der Waals surface area (Å²) in [5, 5.41) is 3.29. The number of nitrogens with one attached hydrogen (secondary N) is 1. The number of hydrogen-bond acceptors (Lipinski definition) is 6. The maximum absolute atomic E-state index is 6.27. The smallest absolute Gasteiger partial charge is 0.170 e. The van der Waals surface area contributed by atoms with E-state index in [4.69, 9.17) is 19.4 Å². The fourth-order valence-electron chi connectivity index (χ4n) is 3.75. The first-order chi connectivity index (χ1) is 14.1. The Bertz CT molecular complexity index is 953. The van der Waals surface area contributed by atoms with Gasteiger partial charge in [-0.1, -0.05) is 13.8 Å². The van der Waals surface area contributed by atoms with Crippen molar-refractivity contribution < 1.29 is 9.47 Å². The largest absolute Gasteiger partial charge is 0.493 e. The first-order valence-electron chi connectivity index (χ1n) is 10.4. The average Bonchev–Trinajstić information content (AvgIpc) is 3.38. The van der Waals surface area contributed by atoms with Gasteiger partial charge in [-0.25, -0.2) is 15.0 Å². The van der Waals surface area contributed by atoms with Gasteiger partial charge in [0.2, 0.25) is 0 Å². The van der Waals surface area contributed by atoms with Crippen LogP contribution in [0.15, 0.2) is 24.5 Å². The first-order valence-corrected chi connectivity index (χ1v) is 10.4. The highest BCUT2D eigenvalue weighted by molar-refractivity contribution is 5.85. The predicted molar refractivity (Wildman–Crippen MR) is 121 cm³/mol. The van der Waals surface area contributed by atoms with Crippen LogP contribution in [0, 0.1) is 0 Å². The van der Waals surface area contributed by atoms with Gasteiger partial charge in [0.15, 0.2) is 28.8 Å². The zero-order chi connectivity index (χ0) is 20.4. The van der Waals surface area contributed by atoms with Crippen LogP contribution in [0.3, 0.4) is 0 Å². The third kappa shape index (κ3) is 4.31. The molecule has 1 aliphatic carbocycles. The van der Waals surface area contributed by atoms with E-state index in [9.17, 15) is 0 Å². The fourth-order valence-corrected chi connectivity index (χ4v) is 3.75. The molecule has 2 heterocycles. The zero-order valence-electron chi connectivity index (χ0n) is 18.0. The molecule has 0 aromatic heterocycles. The van der Waals surface area contributed by atoms with Crippen LogP contribution >= 0.6 is 12.4 Å². The minimum absolute atomic E-state index is 0. The summed E-state index contributed by atoms with van der Waals surface area (Å²) in [6, 6.07) is 5.95. The van der Waals surface area contributed by atoms with Gasteiger partial charge in [-0.05, 0) is 44.7 Å². The quantitative estimate of drug-likeness (QED) is 0.562. The van der Waals surface area contributed by atoms with Crippen molar-refractivity contribution in [1.82, 2.24) is 19.5 Å². The van der Waals surface area contributed by atoms with Gasteiger partial charge in [0.05, 0.1) is 18.9 Å². The van der Waals surface area contributed by atoms with E-state index >= 15 is 0 Å². The van der Waals surface area contributed by atoms with Gasteiger partial charge in [0.1, 0.15) is 12.2 Å². The van der Waals surface area contributed by atoms with Crippen molar-refractivity contribution in [3.63, 3.8) is 0 Å². The van der Waals surface area contributed by atoms with E-state index in [-0.39, 0.29) is 24.4 Å². The second-order valence-electron chi connectivity index (χ2n) is 7.76. The van der Waals surface area contributed by atoms with E-state index in [0.29, 0.717) is 0 Å². The number of aromatic nitrogens is 4. The van der Waals surface area contributed by atoms with Crippen molar-refractivity contribution in [2.75, 3.05) is 19.0 Å². The summed E-state index contributed by atoms with van der Waals surface area (Å²) in [7, 11) is 1.67. The van der Waals surface area contributed by atoms with Crippen molar-refractivity contribution in [2.45, 2.75) is 58.5 Å². The van der Waals surface area contributed by atoms with Gasteiger partial charge in [-0.2, -0.15) is 0 Å². The number of anilines is 1. The minimum Gasteiger partial charge on any atom is -0.493 e. The van der Waals surface area contributed by atoms with Crippen LogP contribution in [0.25, 0.3) is 17.2 Å². The Balaban J connectivity index is 0.00000256. The van der Waals surface area contributed by atoms with Gasteiger partial charge in [-0.3, -0.25) is 4.57 Å². The Morgan fingerprint density at radius 1 is 1.17 bits per heavy atom. The van der Waals surface area contributed by atoms with E-state index in [1.165, 1.54) is 12.8 Å². The molecule has 3 aliphatic rings. The molecular formula is C22H30ClN5O2. The Morgan fingerprint density at radius 3 is 2.60 bits per heavy atom. The summed E-state index contributed by atoms with van der Waals surface area (Å²) < 4.78 is 13.8. The third-order valence-corrected chi connectivity index (χ3v) is 5.30. The van der Waals surface area contributed by atoms with Crippen molar-refractivity contribution in [3.8, 4) is 28.7 Å². The molecular weight excluding hydrogens is 402 g/mol. The number of nitrogens with zero attached hydrogens (tertiary/aromatic N) is 4. The summed E-state index contributed by atoms with van der Waals surface area (Å²) in [5.74, 6) is 4.10. The molecule has 0 spiro atoms. The summed E-state index contributed by atoms with van der Waals surface area (Å²) in [6.07, 6.45) is 6.67. The maximum atomic E-state index is 6.27. The van der Waals surface area contributed by atoms with E-state index < -0.39 is 0 Å². The van der Waals surface area contributed by atoms with E-state index in [1.807, 2.05) is 29.7 Å². The van der Waals surface area contributed by atoms with Gasteiger partial charge >= 0.3 is 0 Å². The molecule has 7 nitrogen and oxygen atoms in total. The molecule has 0 unspecified atom stereocenters. The summed E-state index contributed by atoms with van der Waals surface area (Å²) in [4.78, 5) is 14.1. The van der Waals surface area contributed by atoms with Crippen LogP contribution in [0.1, 0.15) is 58.2 Å². The number of methoxy groups -OCH3 is 1. The van der Waals surface area contributed by atoms with Crippen LogP contribution in [-0.2, 0) is 0 Å². The highest BCUT2D eigenvalue weighted by Gasteiger charge is 2.23. The molecule has 30 heavy (non-hydrogen) atoms. The highest BCUT2D eigenvalue weighted by atomic mass is 35.5. The lowest BCUT2D eigenvalue weighted by atomic mass is 10.2. The lowest BCUT2D eigenvalue weighted by Gasteiger charge is -2.18. The molecule has 0 amide bonds. The standard InChI is InChI=1S/C22H29N5O2.ClH/c1-5-23-21-19-22(26-20(25-19)14(2)3)27(13-24-21)15-10-11-17(28-4)18(12-15)29-16-8-6-7-9-16;/h10-14,16,23H,5-9H2,1-4H3;1H. The monoisotopic (exact) mass is 431 g/mol. The van der Waals surface area contributed by atoms with E-state index in [1.54, 1.807) is 13.4 Å². The molecule has 0 radical (unpaired) electrons. The van der Waals surface area contributed by atoms with Crippen LogP contribution < -0.4 is 14.8 Å². The topological polar surface area (TPSA) is 74.1 Å². The summed E-state index contributed by atoms with van der Waals surface area (Å²) in [6.45, 7) is 7.02. The van der Waals surface area contributed by atoms with Crippen molar-refractivity contribution in [2.24, 2.45) is 0 Å². The molecule has 1 aromatic carbocycles. The SMILES string of the molecule is CCNc1ncn(-c2ccc(OC)c(OC3CCCC3)c2)c2nc(C(C)C)nc1-2.Cl. The first kappa shape index (κ1) is 22.2. The number of halogens is 1. The lowest BCUT2D eigenvalue weighted by Crippen LogP contribution is -2.12. The van der Waals surface area contributed by atoms with Crippen molar-refractivity contribution >= 4 is 18.2 Å². The molecule has 4 rings (SSSR count). The average molecular weight is 432 g/mol. The second-order valence-corrected chi connectivity index (χ2v) is 7.76. The Kier molecular flexibility index (Phi) is 7.02. The second kappa shape index (κ2) is 9.51. The van der Waals surface area contributed by atoms with Crippen LogP contribution in [0.4, 0.5) is 5.82 Å². The van der Waals surface area contributed by atoms with Crippen LogP contribution in [0.2, 0.25) is 0 Å². The normalized spacial score (nSPS) is 14.2. The van der Waals surface area contributed by atoms with Gasteiger partial charge in [-0.15, -0.1) is 12.4 Å². The van der Waals surface area contributed by atoms with E-state index in [2.05, 4.69) is 24.1 Å². The molecule has 8 heteroatoms. The molecule has 1 N–H and O–H groups in total. The molecule has 2 aliphatic heterocycles. The van der Waals surface area contributed by atoms with Crippen molar-refractivity contribution in [3.05, 3.63) is 30.4 Å². The minimum atomic E-state index is 0. The zero-order valence-corrected chi connectivity index (χ0v) is 18.8. The molecule has 1 fully saturated rings. The number of ether oxygens (including phenoxy) is 2. The fraction of sp³-hybridized carbons (Fsp3) is 0.500. The van der Waals surface area contributed by atoms with Crippen molar-refractivity contribution in [1.29, 1.82) is 0 Å². The maximum Gasteiger partial charge on any atom is 0.170 e. The van der Waals surface area contributed by atoms with Crippen LogP contribution in [-0.4, -0.2) is 39.3 Å². The molecule has 0 atom stereocenters. The number of fused-ring (bicyclic) bond motifs is 1. The Labute approximate surface area is 184 Å². The Hall–Kier alpha value is -2.54. The molecule has 0 bridgehead atoms. The molecule has 162 valence electrons. The number of imidazole rings is 1. The number of hydrogen-bond donors (Lipinski definition) is 1. The van der Waals surface area contributed by atoms with E-state index in [0.717, 1.165) is 59.7 Å². The summed E-state index contributed by atoms with van der Waals surface area (Å²) in [5.41, 5.74) is 1.71.